The van der Waals surface area contributed by atoms with Gasteiger partial charge in [0.2, 0.25) is 23.6 Å². The second-order valence-corrected chi connectivity index (χ2v) is 7.74. The van der Waals surface area contributed by atoms with Gasteiger partial charge in [0.1, 0.15) is 0 Å². The minimum absolute atomic E-state index is 0.137. The van der Waals surface area contributed by atoms with E-state index >= 15 is 0 Å². The minimum Gasteiger partial charge on any atom is -0.352 e. The van der Waals surface area contributed by atoms with Gasteiger partial charge in [-0.3, -0.25) is 28.9 Å². The van der Waals surface area contributed by atoms with Crippen LogP contribution in [0.2, 0.25) is 0 Å². The van der Waals surface area contributed by atoms with Crippen molar-refractivity contribution in [1.82, 2.24) is 20.9 Å². The lowest BCUT2D eigenvalue weighted by Gasteiger charge is -2.16. The number of carbonyl (C=O) groups is 6. The maximum absolute atomic E-state index is 12.0. The molecule has 31 heavy (non-hydrogen) atoms. The summed E-state index contributed by atoms with van der Waals surface area (Å²) in [6.45, 7) is 3.52. The van der Waals surface area contributed by atoms with Gasteiger partial charge in [-0.25, -0.2) is 4.79 Å². The Bertz CT molecular complexity index is 696. The number of unbranched alkanes of at least 4 members (excludes halogenated alkanes) is 2. The summed E-state index contributed by atoms with van der Waals surface area (Å²) < 4.78 is 0. The predicted molar refractivity (Wildman–Crippen MR) is 111 cm³/mol. The Kier molecular flexibility index (Phi) is 11.2. The molecule has 1 fully saturated rings. The molecule has 0 radical (unpaired) electrons. The van der Waals surface area contributed by atoms with E-state index in [0.29, 0.717) is 45.2 Å². The van der Waals surface area contributed by atoms with Crippen LogP contribution in [0.15, 0.2) is 0 Å². The van der Waals surface area contributed by atoms with Gasteiger partial charge in [-0.15, -0.1) is 0 Å². The topological polar surface area (TPSA) is 168 Å². The van der Waals surface area contributed by atoms with Gasteiger partial charge in [-0.05, 0) is 32.6 Å². The second-order valence-electron chi connectivity index (χ2n) is 7.74. The van der Waals surface area contributed by atoms with Gasteiger partial charge in [0.15, 0.2) is 5.78 Å². The van der Waals surface area contributed by atoms with E-state index < -0.39 is 18.0 Å². The fraction of sp³-hybridized carbons (Fsp3) is 0.700. The number of hydrogen-bond donors (Lipinski definition) is 4. The van der Waals surface area contributed by atoms with Gasteiger partial charge < -0.3 is 21.7 Å². The molecule has 1 aliphatic heterocycles. The van der Waals surface area contributed by atoms with E-state index in [0.717, 1.165) is 0 Å². The normalized spacial score (nSPS) is 16.7. The molecular formula is C20H33N5O6. The third-order valence-corrected chi connectivity index (χ3v) is 5.00. The number of likely N-dealkylation sites (tertiary alicyclic amines) is 1. The van der Waals surface area contributed by atoms with Crippen LogP contribution in [0, 0.1) is 5.92 Å². The molecule has 1 aliphatic rings. The molecule has 0 saturated carbocycles. The van der Waals surface area contributed by atoms with Crippen LogP contribution < -0.4 is 21.7 Å². The molecule has 0 aromatic heterocycles. The number of nitrogens with two attached hydrogens (primary N) is 1. The van der Waals surface area contributed by atoms with Gasteiger partial charge >= 0.3 is 6.03 Å². The number of imide groups is 1. The molecule has 0 aliphatic carbocycles. The van der Waals surface area contributed by atoms with E-state index in [-0.39, 0.29) is 48.8 Å². The third-order valence-electron chi connectivity index (χ3n) is 5.00. The number of ketones is 1. The number of amides is 6. The average molecular weight is 440 g/mol. The first-order valence-electron chi connectivity index (χ1n) is 10.6. The van der Waals surface area contributed by atoms with Gasteiger partial charge in [0.05, 0.1) is 12.6 Å². The summed E-state index contributed by atoms with van der Waals surface area (Å²) in [7, 11) is 0. The van der Waals surface area contributed by atoms with Crippen LogP contribution in [0.3, 0.4) is 0 Å². The van der Waals surface area contributed by atoms with Crippen molar-refractivity contribution in [2.45, 2.75) is 64.8 Å². The largest absolute Gasteiger partial charge is 0.352 e. The SMILES string of the molecule is CC(=O)C(CCCNC(N)=O)NC(=O)CNC(=O)CCCCCN1C(=O)CC(C)C1=O. The highest BCUT2D eigenvalue weighted by Crippen LogP contribution is 2.19. The molecule has 174 valence electrons. The maximum atomic E-state index is 12.0. The lowest BCUT2D eigenvalue weighted by Crippen LogP contribution is -2.45. The van der Waals surface area contributed by atoms with E-state index in [9.17, 15) is 28.8 Å². The van der Waals surface area contributed by atoms with Crippen LogP contribution >= 0.6 is 0 Å². The highest BCUT2D eigenvalue weighted by Gasteiger charge is 2.34. The maximum Gasteiger partial charge on any atom is 0.312 e. The molecule has 6 amide bonds. The Morgan fingerprint density at radius 3 is 2.35 bits per heavy atom. The zero-order valence-corrected chi connectivity index (χ0v) is 18.2. The number of nitrogens with zero attached hydrogens (tertiary/aromatic N) is 1. The summed E-state index contributed by atoms with van der Waals surface area (Å²) in [5, 5.41) is 7.47. The monoisotopic (exact) mass is 439 g/mol. The molecule has 1 heterocycles. The van der Waals surface area contributed by atoms with Crippen molar-refractivity contribution in [3.8, 4) is 0 Å². The fourth-order valence-electron chi connectivity index (χ4n) is 3.22. The molecule has 0 aromatic rings. The van der Waals surface area contributed by atoms with Crippen molar-refractivity contribution < 1.29 is 28.8 Å². The molecule has 1 rings (SSSR count). The summed E-state index contributed by atoms with van der Waals surface area (Å²) in [5.74, 6) is -1.52. The van der Waals surface area contributed by atoms with Gasteiger partial charge in [-0.1, -0.05) is 13.3 Å². The summed E-state index contributed by atoms with van der Waals surface area (Å²) in [5.41, 5.74) is 4.96. The molecule has 0 bridgehead atoms. The zero-order chi connectivity index (χ0) is 23.4. The molecule has 1 saturated heterocycles. The van der Waals surface area contributed by atoms with Crippen molar-refractivity contribution in [2.75, 3.05) is 19.6 Å². The molecule has 2 unspecified atom stereocenters. The van der Waals surface area contributed by atoms with Crippen LogP contribution in [0.5, 0.6) is 0 Å². The number of carbonyl (C=O) groups excluding carboxylic acids is 6. The van der Waals surface area contributed by atoms with E-state index in [1.807, 2.05) is 0 Å². The van der Waals surface area contributed by atoms with Gasteiger partial charge in [-0.2, -0.15) is 0 Å². The Morgan fingerprint density at radius 2 is 1.77 bits per heavy atom. The number of nitrogens with one attached hydrogen (secondary N) is 3. The van der Waals surface area contributed by atoms with Crippen LogP contribution in [-0.2, 0) is 24.0 Å². The summed E-state index contributed by atoms with van der Waals surface area (Å²) in [6.07, 6.45) is 3.17. The number of rotatable bonds is 14. The zero-order valence-electron chi connectivity index (χ0n) is 18.2. The second kappa shape index (κ2) is 13.3. The molecule has 11 nitrogen and oxygen atoms in total. The quantitative estimate of drug-likeness (QED) is 0.212. The lowest BCUT2D eigenvalue weighted by molar-refractivity contribution is -0.139. The van der Waals surface area contributed by atoms with E-state index in [2.05, 4.69) is 16.0 Å². The van der Waals surface area contributed by atoms with E-state index in [1.54, 1.807) is 6.92 Å². The number of Topliss-reactive ketones (excluding diaryl/α,β-unsaturated/α-hetero) is 1. The molecular weight excluding hydrogens is 406 g/mol. The van der Waals surface area contributed by atoms with Gasteiger partial charge in [0.25, 0.3) is 0 Å². The Hall–Kier alpha value is -2.98. The highest BCUT2D eigenvalue weighted by molar-refractivity contribution is 6.03. The summed E-state index contributed by atoms with van der Waals surface area (Å²) >= 11 is 0. The van der Waals surface area contributed by atoms with E-state index in [1.165, 1.54) is 11.8 Å². The van der Waals surface area contributed by atoms with Crippen LogP contribution in [0.25, 0.3) is 0 Å². The molecule has 0 aromatic carbocycles. The van der Waals surface area contributed by atoms with Crippen LogP contribution in [-0.4, -0.2) is 66.0 Å². The van der Waals surface area contributed by atoms with Crippen molar-refractivity contribution in [3.05, 3.63) is 0 Å². The Balaban J connectivity index is 2.17. The first-order valence-corrected chi connectivity index (χ1v) is 10.6. The number of primary amides is 1. The standard InChI is InChI=1S/C20H33N5O6/c1-13-11-18(29)25(19(13)30)10-5-3-4-8-16(27)23-12-17(28)24-15(14(2)26)7-6-9-22-20(21)31/h13,15H,3-12H2,1-2H3,(H,23,27)(H,24,28)(H3,21,22,31). The smallest absolute Gasteiger partial charge is 0.312 e. The average Bonchev–Trinajstić information content (AvgIpc) is 2.93. The Morgan fingerprint density at radius 1 is 1.06 bits per heavy atom. The first kappa shape index (κ1) is 26.1. The minimum atomic E-state index is -0.696. The summed E-state index contributed by atoms with van der Waals surface area (Å²) in [6, 6.07) is -1.35. The Labute approximate surface area is 181 Å². The third kappa shape index (κ3) is 10.1. The van der Waals surface area contributed by atoms with Crippen molar-refractivity contribution >= 4 is 35.4 Å². The highest BCUT2D eigenvalue weighted by atomic mass is 16.2. The first-order chi connectivity index (χ1) is 14.6. The predicted octanol–water partition coefficient (Wildman–Crippen LogP) is -0.420. The number of urea groups is 1. The molecule has 5 N–H and O–H groups in total. The summed E-state index contributed by atoms with van der Waals surface area (Å²) in [4.78, 5) is 70.9. The van der Waals surface area contributed by atoms with E-state index in [4.69, 9.17) is 5.73 Å². The van der Waals surface area contributed by atoms with Crippen LogP contribution in [0.1, 0.15) is 58.8 Å². The van der Waals surface area contributed by atoms with Crippen molar-refractivity contribution in [3.63, 3.8) is 0 Å². The lowest BCUT2D eigenvalue weighted by atomic mass is 10.1. The van der Waals surface area contributed by atoms with Crippen LogP contribution in [0.4, 0.5) is 4.79 Å². The van der Waals surface area contributed by atoms with Crippen molar-refractivity contribution in [2.24, 2.45) is 11.7 Å². The number of hydrogen-bond acceptors (Lipinski definition) is 6. The fourth-order valence-corrected chi connectivity index (χ4v) is 3.22. The van der Waals surface area contributed by atoms with Gasteiger partial charge in [0, 0.05) is 31.8 Å². The van der Waals surface area contributed by atoms with Crippen molar-refractivity contribution in [1.29, 1.82) is 0 Å². The molecule has 11 heteroatoms. The molecule has 0 spiro atoms. The molecule has 2 atom stereocenters.